The third-order valence-electron chi connectivity index (χ3n) is 2.89. The van der Waals surface area contributed by atoms with Crippen molar-refractivity contribution in [3.63, 3.8) is 0 Å². The van der Waals surface area contributed by atoms with Crippen molar-refractivity contribution < 1.29 is 12.6 Å². The molecule has 0 saturated heterocycles. The second kappa shape index (κ2) is 6.41. The van der Waals surface area contributed by atoms with Gasteiger partial charge in [-0.25, -0.2) is 4.68 Å². The van der Waals surface area contributed by atoms with Gasteiger partial charge >= 0.3 is 10.1 Å². The largest absolute Gasteiger partial charge is 0.378 e. The summed E-state index contributed by atoms with van der Waals surface area (Å²) < 4.78 is 31.2. The highest BCUT2D eigenvalue weighted by atomic mass is 32.2. The van der Waals surface area contributed by atoms with Gasteiger partial charge in [0.2, 0.25) is 0 Å². The first-order chi connectivity index (χ1) is 11.1. The molecular formula is C15H12N4O3S. The van der Waals surface area contributed by atoms with Gasteiger partial charge in [-0.1, -0.05) is 30.3 Å². The second-order valence-corrected chi connectivity index (χ2v) is 6.02. The summed E-state index contributed by atoms with van der Waals surface area (Å²) in [5.41, 5.74) is 0.515. The average molecular weight is 328 g/mol. The molecule has 0 spiro atoms. The topological polar surface area (TPSA) is 86.4 Å². The van der Waals surface area contributed by atoms with Crippen LogP contribution in [0.4, 0.5) is 0 Å². The van der Waals surface area contributed by atoms with E-state index in [0.717, 1.165) is 0 Å². The lowest BCUT2D eigenvalue weighted by Gasteiger charge is -2.09. The summed E-state index contributed by atoms with van der Waals surface area (Å²) in [5.74, 6) is 0.188. The number of hydrogen-bond acceptors (Lipinski definition) is 6. The maximum Gasteiger partial charge on any atom is 0.339 e. The van der Waals surface area contributed by atoms with E-state index in [9.17, 15) is 8.42 Å². The van der Waals surface area contributed by atoms with Crippen molar-refractivity contribution in [3.8, 4) is 5.75 Å². The van der Waals surface area contributed by atoms with Gasteiger partial charge in [-0.05, 0) is 24.3 Å². The van der Waals surface area contributed by atoms with Gasteiger partial charge in [-0.3, -0.25) is 0 Å². The lowest BCUT2D eigenvalue weighted by atomic mass is 10.2. The Morgan fingerprint density at radius 3 is 2.35 bits per heavy atom. The van der Waals surface area contributed by atoms with Crippen LogP contribution in [-0.4, -0.2) is 29.5 Å². The normalized spacial score (nSPS) is 11.7. The molecule has 3 aromatic rings. The van der Waals surface area contributed by atoms with Gasteiger partial charge in [0.05, 0.1) is 6.21 Å². The van der Waals surface area contributed by atoms with Crippen LogP contribution in [0, 0.1) is 0 Å². The minimum absolute atomic E-state index is 0.0885. The molecule has 0 amide bonds. The molecule has 3 rings (SSSR count). The highest BCUT2D eigenvalue weighted by Crippen LogP contribution is 2.21. The van der Waals surface area contributed by atoms with Crippen LogP contribution in [0.15, 0.2) is 77.2 Å². The van der Waals surface area contributed by atoms with Gasteiger partial charge in [-0.15, -0.1) is 10.2 Å². The highest BCUT2D eigenvalue weighted by molar-refractivity contribution is 7.87. The Kier molecular flexibility index (Phi) is 4.15. The van der Waals surface area contributed by atoms with Crippen LogP contribution in [0.3, 0.4) is 0 Å². The number of nitrogens with zero attached hydrogens (tertiary/aromatic N) is 4. The van der Waals surface area contributed by atoms with E-state index in [-0.39, 0.29) is 10.6 Å². The van der Waals surface area contributed by atoms with Crippen molar-refractivity contribution in [1.82, 2.24) is 14.9 Å². The van der Waals surface area contributed by atoms with Crippen molar-refractivity contribution in [2.75, 3.05) is 0 Å². The zero-order valence-corrected chi connectivity index (χ0v) is 12.7. The van der Waals surface area contributed by atoms with Crippen LogP contribution in [-0.2, 0) is 10.1 Å². The zero-order chi connectivity index (χ0) is 16.1. The van der Waals surface area contributed by atoms with E-state index in [1.807, 2.05) is 0 Å². The van der Waals surface area contributed by atoms with E-state index in [2.05, 4.69) is 15.3 Å². The van der Waals surface area contributed by atoms with E-state index in [1.54, 1.807) is 42.5 Å². The first kappa shape index (κ1) is 14.9. The molecule has 0 aliphatic heterocycles. The summed E-state index contributed by atoms with van der Waals surface area (Å²) in [6, 6.07) is 14.7. The summed E-state index contributed by atoms with van der Waals surface area (Å²) in [6.07, 6.45) is 4.31. The fourth-order valence-corrected chi connectivity index (χ4v) is 2.78. The maximum absolute atomic E-state index is 12.3. The predicted molar refractivity (Wildman–Crippen MR) is 83.7 cm³/mol. The molecule has 8 heteroatoms. The molecule has 1 aromatic heterocycles. The molecule has 7 nitrogen and oxygen atoms in total. The Balaban J connectivity index is 1.89. The SMILES string of the molecule is O=S(=O)(Oc1ccccc1C=Nn1cnnc1)c1ccccc1. The van der Waals surface area contributed by atoms with Crippen LogP contribution in [0.2, 0.25) is 0 Å². The van der Waals surface area contributed by atoms with Crippen molar-refractivity contribution in [3.05, 3.63) is 72.8 Å². The molecule has 116 valence electrons. The Morgan fingerprint density at radius 2 is 1.61 bits per heavy atom. The van der Waals surface area contributed by atoms with Crippen LogP contribution in [0.5, 0.6) is 5.75 Å². The summed E-state index contributed by atoms with van der Waals surface area (Å²) >= 11 is 0. The molecule has 0 atom stereocenters. The number of rotatable bonds is 5. The number of benzene rings is 2. The van der Waals surface area contributed by atoms with Crippen LogP contribution in [0.25, 0.3) is 0 Å². The molecule has 0 unspecified atom stereocenters. The Hall–Kier alpha value is -3.00. The number of para-hydroxylation sites is 1. The summed E-state index contributed by atoms with van der Waals surface area (Å²) in [6.45, 7) is 0. The first-order valence-corrected chi connectivity index (χ1v) is 8.03. The summed E-state index contributed by atoms with van der Waals surface area (Å²) in [5, 5.41) is 11.3. The molecule has 0 saturated carbocycles. The average Bonchev–Trinajstić information content (AvgIpc) is 3.08. The highest BCUT2D eigenvalue weighted by Gasteiger charge is 2.17. The first-order valence-electron chi connectivity index (χ1n) is 6.63. The third kappa shape index (κ3) is 3.61. The second-order valence-electron chi connectivity index (χ2n) is 4.47. The fourth-order valence-electron chi connectivity index (χ4n) is 1.80. The minimum atomic E-state index is -3.90. The third-order valence-corrected chi connectivity index (χ3v) is 4.14. The van der Waals surface area contributed by atoms with Crippen molar-refractivity contribution >= 4 is 16.3 Å². The summed E-state index contributed by atoms with van der Waals surface area (Å²) in [4.78, 5) is 0.0885. The van der Waals surface area contributed by atoms with Gasteiger partial charge in [0.25, 0.3) is 0 Å². The lowest BCUT2D eigenvalue weighted by molar-refractivity contribution is 0.485. The van der Waals surface area contributed by atoms with E-state index in [0.29, 0.717) is 5.56 Å². The zero-order valence-electron chi connectivity index (χ0n) is 11.9. The van der Waals surface area contributed by atoms with Gasteiger partial charge < -0.3 is 4.18 Å². The lowest BCUT2D eigenvalue weighted by Crippen LogP contribution is -2.10. The van der Waals surface area contributed by atoms with E-state index in [1.165, 1.54) is 35.7 Å². The Morgan fingerprint density at radius 1 is 0.957 bits per heavy atom. The number of hydrogen-bond donors (Lipinski definition) is 0. The molecule has 0 N–H and O–H groups in total. The molecule has 0 aliphatic carbocycles. The van der Waals surface area contributed by atoms with Crippen molar-refractivity contribution in [2.24, 2.45) is 5.10 Å². The fraction of sp³-hybridized carbons (Fsp3) is 0. The molecule has 1 heterocycles. The van der Waals surface area contributed by atoms with Crippen LogP contribution in [0.1, 0.15) is 5.56 Å². The minimum Gasteiger partial charge on any atom is -0.378 e. The molecule has 0 radical (unpaired) electrons. The quantitative estimate of drug-likeness (QED) is 0.527. The Labute approximate surface area is 133 Å². The van der Waals surface area contributed by atoms with Crippen LogP contribution < -0.4 is 4.18 Å². The van der Waals surface area contributed by atoms with Gasteiger partial charge in [-0.2, -0.15) is 13.5 Å². The van der Waals surface area contributed by atoms with Crippen molar-refractivity contribution in [2.45, 2.75) is 4.90 Å². The number of aromatic nitrogens is 3. The van der Waals surface area contributed by atoms with E-state index in [4.69, 9.17) is 4.18 Å². The molecule has 23 heavy (non-hydrogen) atoms. The predicted octanol–water partition coefficient (Wildman–Crippen LogP) is 1.93. The smallest absolute Gasteiger partial charge is 0.339 e. The van der Waals surface area contributed by atoms with Gasteiger partial charge in [0.15, 0.2) is 5.75 Å². The molecule has 2 aromatic carbocycles. The Bertz CT molecular complexity index is 907. The molecule has 0 fully saturated rings. The standard InChI is InChI=1S/C15H12N4O3S/c20-23(21,14-7-2-1-3-8-14)22-15-9-5-4-6-13(15)10-18-19-11-16-17-12-19/h1-12H. The van der Waals surface area contributed by atoms with E-state index >= 15 is 0 Å². The van der Waals surface area contributed by atoms with Crippen molar-refractivity contribution in [1.29, 1.82) is 0 Å². The van der Waals surface area contributed by atoms with Gasteiger partial charge in [0, 0.05) is 5.56 Å². The van der Waals surface area contributed by atoms with Gasteiger partial charge in [0.1, 0.15) is 17.6 Å². The molecular weight excluding hydrogens is 316 g/mol. The monoisotopic (exact) mass is 328 g/mol. The van der Waals surface area contributed by atoms with E-state index < -0.39 is 10.1 Å². The molecule has 0 aliphatic rings. The van der Waals surface area contributed by atoms with Crippen LogP contribution >= 0.6 is 0 Å². The molecule has 0 bridgehead atoms. The summed E-state index contributed by atoms with van der Waals surface area (Å²) in [7, 11) is -3.90. The maximum atomic E-state index is 12.3.